The topological polar surface area (TPSA) is 128 Å². The Morgan fingerprint density at radius 1 is 0.927 bits per heavy atom. The van der Waals surface area contributed by atoms with Gasteiger partial charge in [0.15, 0.2) is 24.5 Å². The number of amides is 2. The van der Waals surface area contributed by atoms with Crippen LogP contribution in [0.15, 0.2) is 102 Å². The highest BCUT2D eigenvalue weighted by Gasteiger charge is 2.57. The molecular weight excluding hydrogens is 568 g/mol. The van der Waals surface area contributed by atoms with Crippen LogP contribution >= 0.6 is 11.8 Å². The largest absolute Gasteiger partial charge is 0.484 e. The average molecular weight is 595 g/mol. The van der Waals surface area contributed by atoms with Crippen molar-refractivity contribution in [2.45, 2.75) is 23.6 Å². The van der Waals surface area contributed by atoms with E-state index in [-0.39, 0.29) is 12.4 Å². The minimum atomic E-state index is -4.04. The van der Waals surface area contributed by atoms with Crippen molar-refractivity contribution < 1.29 is 36.5 Å². The number of thioether (sulfide) groups is 1. The molecule has 10 nitrogen and oxygen atoms in total. The number of para-hydroxylation sites is 1. The van der Waals surface area contributed by atoms with Crippen molar-refractivity contribution in [1.29, 1.82) is 0 Å². The number of esters is 1. The number of carbonyl (C=O) groups is 3. The third-order valence-corrected chi connectivity index (χ3v) is 7.93. The first kappa shape index (κ1) is 28.2. The molecule has 0 aromatic heterocycles. The lowest BCUT2D eigenvalue weighted by Crippen LogP contribution is -2.74. The molecule has 0 aliphatic carbocycles. The molecule has 0 bridgehead atoms. The highest BCUT2D eigenvalue weighted by Crippen LogP contribution is 2.42. The van der Waals surface area contributed by atoms with Gasteiger partial charge in [0.2, 0.25) is 5.91 Å². The molecule has 0 spiro atoms. The van der Waals surface area contributed by atoms with E-state index in [4.69, 9.17) is 13.7 Å². The molecular formula is C29H26N2O8S2. The lowest BCUT2D eigenvalue weighted by molar-refractivity contribution is -0.166. The van der Waals surface area contributed by atoms with Crippen molar-refractivity contribution in [2.24, 2.45) is 0 Å². The highest BCUT2D eigenvalue weighted by atomic mass is 32.2. The molecule has 12 heteroatoms. The number of hydrogen-bond acceptors (Lipinski definition) is 9. The molecule has 41 heavy (non-hydrogen) atoms. The molecule has 0 saturated carbocycles. The summed E-state index contributed by atoms with van der Waals surface area (Å²) in [6.45, 7) is -0.315. The number of benzene rings is 3. The SMILES string of the molecule is CS(=O)(=O)OC1=CS[C@@H]2[C@H](NC(=O)COc3ccccc3)C(=O)N2C1C(=O)OC(c1ccccc1)c1ccccc1. The molecule has 2 heterocycles. The molecule has 1 unspecified atom stereocenters. The standard InChI is InChI=1S/C29H26N2O8S2/c1-41(35,36)39-22-18-40-28-24(30-23(32)17-37-21-15-9-4-10-16-21)27(33)31(28)25(22)29(34)38-26(19-11-5-2-6-12-19)20-13-7-3-8-14-20/h2-16,18,24-26,28H,17H2,1H3,(H,30,32)/t24-,25?,28-/m1/s1. The first-order valence-electron chi connectivity index (χ1n) is 12.6. The number of nitrogens with zero attached hydrogens (tertiary/aromatic N) is 1. The van der Waals surface area contributed by atoms with Gasteiger partial charge in [-0.25, -0.2) is 4.79 Å². The van der Waals surface area contributed by atoms with Crippen LogP contribution in [-0.4, -0.2) is 61.4 Å². The minimum Gasteiger partial charge on any atom is -0.484 e. The number of rotatable bonds is 10. The lowest BCUT2D eigenvalue weighted by atomic mass is 10.00. The Balaban J connectivity index is 1.36. The Kier molecular flexibility index (Phi) is 8.31. The third-order valence-electron chi connectivity index (χ3n) is 6.29. The molecule has 0 radical (unpaired) electrons. The maximum absolute atomic E-state index is 13.7. The first-order chi connectivity index (χ1) is 19.7. The summed E-state index contributed by atoms with van der Waals surface area (Å²) in [7, 11) is -4.04. The van der Waals surface area contributed by atoms with Gasteiger partial charge in [-0.15, -0.1) is 11.8 Å². The molecule has 1 N–H and O–H groups in total. The second kappa shape index (κ2) is 12.1. The second-order valence-corrected chi connectivity index (χ2v) is 11.8. The van der Waals surface area contributed by atoms with Crippen LogP contribution in [0.4, 0.5) is 0 Å². The third kappa shape index (κ3) is 6.55. The normalized spacial score (nSPS) is 19.9. The van der Waals surface area contributed by atoms with E-state index in [2.05, 4.69) is 5.32 Å². The number of fused-ring (bicyclic) bond motifs is 1. The molecule has 3 aromatic carbocycles. The van der Waals surface area contributed by atoms with Gasteiger partial charge in [-0.2, -0.15) is 8.42 Å². The Bertz CT molecular complexity index is 1510. The smallest absolute Gasteiger partial charge is 0.337 e. The predicted octanol–water partition coefficient (Wildman–Crippen LogP) is 2.98. The molecule has 3 atom stereocenters. The summed E-state index contributed by atoms with van der Waals surface area (Å²) in [6, 6.07) is 24.4. The van der Waals surface area contributed by atoms with Gasteiger partial charge in [0.05, 0.1) is 6.26 Å². The monoisotopic (exact) mass is 594 g/mol. The summed E-state index contributed by atoms with van der Waals surface area (Å²) in [5.74, 6) is -1.76. The van der Waals surface area contributed by atoms with E-state index >= 15 is 0 Å². The average Bonchev–Trinajstić information content (AvgIpc) is 2.98. The Morgan fingerprint density at radius 3 is 2.05 bits per heavy atom. The zero-order valence-electron chi connectivity index (χ0n) is 21.8. The summed E-state index contributed by atoms with van der Waals surface area (Å²) < 4.78 is 40.6. The zero-order chi connectivity index (χ0) is 29.0. The van der Waals surface area contributed by atoms with E-state index in [9.17, 15) is 22.8 Å². The summed E-state index contributed by atoms with van der Waals surface area (Å²) >= 11 is 1.05. The fraction of sp³-hybridized carbons (Fsp3) is 0.207. The van der Waals surface area contributed by atoms with Crippen LogP contribution in [0.3, 0.4) is 0 Å². The van der Waals surface area contributed by atoms with Crippen LogP contribution in [-0.2, 0) is 33.4 Å². The fourth-order valence-electron chi connectivity index (χ4n) is 4.49. The van der Waals surface area contributed by atoms with E-state index in [1.165, 1.54) is 10.3 Å². The van der Waals surface area contributed by atoms with Crippen molar-refractivity contribution in [3.05, 3.63) is 113 Å². The zero-order valence-corrected chi connectivity index (χ0v) is 23.4. The number of hydrogen-bond donors (Lipinski definition) is 1. The molecule has 2 amide bonds. The van der Waals surface area contributed by atoms with Crippen molar-refractivity contribution in [2.75, 3.05) is 12.9 Å². The number of ether oxygens (including phenoxy) is 2. The number of β-lactam (4-membered cyclic amide) rings is 1. The van der Waals surface area contributed by atoms with E-state index < -0.39 is 51.5 Å². The lowest BCUT2D eigenvalue weighted by Gasteiger charge is -2.51. The molecule has 1 saturated heterocycles. The van der Waals surface area contributed by atoms with Crippen molar-refractivity contribution in [3.63, 3.8) is 0 Å². The molecule has 5 rings (SSSR count). The van der Waals surface area contributed by atoms with Gasteiger partial charge in [-0.3, -0.25) is 9.59 Å². The molecule has 1 fully saturated rings. The second-order valence-electron chi connectivity index (χ2n) is 9.27. The summed E-state index contributed by atoms with van der Waals surface area (Å²) in [5, 5.41) is 3.30. The maximum Gasteiger partial charge on any atom is 0.337 e. The molecule has 2 aliphatic heterocycles. The van der Waals surface area contributed by atoms with Crippen LogP contribution in [0, 0.1) is 0 Å². The summed E-state index contributed by atoms with van der Waals surface area (Å²) in [6.07, 6.45) is 0.0108. The van der Waals surface area contributed by atoms with Crippen LogP contribution in [0.2, 0.25) is 0 Å². The van der Waals surface area contributed by atoms with E-state index in [0.29, 0.717) is 16.9 Å². The van der Waals surface area contributed by atoms with Gasteiger partial charge in [0.25, 0.3) is 5.91 Å². The number of carbonyl (C=O) groups excluding carboxylic acids is 3. The highest BCUT2D eigenvalue weighted by molar-refractivity contribution is 8.03. The molecule has 212 valence electrons. The van der Waals surface area contributed by atoms with E-state index in [1.54, 1.807) is 72.8 Å². The van der Waals surface area contributed by atoms with Crippen molar-refractivity contribution >= 4 is 39.7 Å². The maximum atomic E-state index is 13.7. The Labute approximate surface area is 241 Å². The van der Waals surface area contributed by atoms with Crippen LogP contribution in [0.1, 0.15) is 17.2 Å². The van der Waals surface area contributed by atoms with Gasteiger partial charge in [-0.1, -0.05) is 78.9 Å². The first-order valence-corrected chi connectivity index (χ1v) is 15.3. The summed E-state index contributed by atoms with van der Waals surface area (Å²) in [5.41, 5.74) is 1.36. The van der Waals surface area contributed by atoms with Crippen molar-refractivity contribution in [1.82, 2.24) is 10.2 Å². The number of nitrogens with one attached hydrogen (secondary N) is 1. The molecule has 3 aromatic rings. The van der Waals surface area contributed by atoms with Gasteiger partial charge >= 0.3 is 16.1 Å². The van der Waals surface area contributed by atoms with Gasteiger partial charge in [0.1, 0.15) is 17.2 Å². The van der Waals surface area contributed by atoms with E-state index in [1.807, 2.05) is 18.2 Å². The predicted molar refractivity (Wildman–Crippen MR) is 151 cm³/mol. The summed E-state index contributed by atoms with van der Waals surface area (Å²) in [4.78, 5) is 40.7. The van der Waals surface area contributed by atoms with Crippen LogP contribution < -0.4 is 10.1 Å². The fourth-order valence-corrected chi connectivity index (χ4v) is 6.19. The quantitative estimate of drug-likeness (QED) is 0.214. The van der Waals surface area contributed by atoms with Crippen molar-refractivity contribution in [3.8, 4) is 5.75 Å². The van der Waals surface area contributed by atoms with Gasteiger partial charge < -0.3 is 23.9 Å². The van der Waals surface area contributed by atoms with Gasteiger partial charge in [-0.05, 0) is 23.3 Å². The minimum absolute atomic E-state index is 0.260. The van der Waals surface area contributed by atoms with Gasteiger partial charge in [0, 0.05) is 5.41 Å². The Morgan fingerprint density at radius 2 is 1.49 bits per heavy atom. The molecule has 2 aliphatic rings. The van der Waals surface area contributed by atoms with Crippen LogP contribution in [0.5, 0.6) is 5.75 Å². The Hall–Kier alpha value is -4.29. The van der Waals surface area contributed by atoms with E-state index in [0.717, 1.165) is 18.0 Å². The van der Waals surface area contributed by atoms with Crippen LogP contribution in [0.25, 0.3) is 0 Å².